The van der Waals surface area contributed by atoms with Gasteiger partial charge in [-0.2, -0.15) is 0 Å². The van der Waals surface area contributed by atoms with Crippen molar-refractivity contribution in [3.63, 3.8) is 0 Å². The zero-order chi connectivity index (χ0) is 16.9. The molecule has 0 spiro atoms. The minimum absolute atomic E-state index is 0.235. The van der Waals surface area contributed by atoms with Gasteiger partial charge in [0, 0.05) is 17.8 Å². The summed E-state index contributed by atoms with van der Waals surface area (Å²) in [7, 11) is 0. The van der Waals surface area contributed by atoms with E-state index in [0.717, 1.165) is 12.1 Å². The van der Waals surface area contributed by atoms with E-state index in [1.165, 1.54) is 11.9 Å². The summed E-state index contributed by atoms with van der Waals surface area (Å²) in [6.45, 7) is 3.85. The van der Waals surface area contributed by atoms with E-state index in [0.29, 0.717) is 17.4 Å². The predicted molar refractivity (Wildman–Crippen MR) is 90.3 cm³/mol. The van der Waals surface area contributed by atoms with Crippen molar-refractivity contribution in [1.82, 2.24) is 15.1 Å². The van der Waals surface area contributed by atoms with Crippen molar-refractivity contribution >= 4 is 23.2 Å². The van der Waals surface area contributed by atoms with Crippen molar-refractivity contribution < 1.29 is 9.32 Å². The number of aryl methyl sites for hydroxylation is 2. The molecule has 1 amide bonds. The summed E-state index contributed by atoms with van der Waals surface area (Å²) in [6, 6.07) is 11.2. The summed E-state index contributed by atoms with van der Waals surface area (Å²) in [4.78, 5) is 20.3. The molecule has 0 fully saturated rings. The number of aromatic nitrogens is 3. The number of hydrogen-bond acceptors (Lipinski definition) is 6. The number of carbonyl (C=O) groups is 1. The van der Waals surface area contributed by atoms with Crippen molar-refractivity contribution in [3.8, 4) is 0 Å². The van der Waals surface area contributed by atoms with Gasteiger partial charge in [0.1, 0.15) is 23.6 Å². The molecule has 1 aromatic carbocycles. The highest BCUT2D eigenvalue weighted by molar-refractivity contribution is 6.02. The highest BCUT2D eigenvalue weighted by Gasteiger charge is 2.11. The third kappa shape index (κ3) is 3.75. The fourth-order valence-corrected chi connectivity index (χ4v) is 2.13. The summed E-state index contributed by atoms with van der Waals surface area (Å²) in [5.74, 6) is 1.12. The second-order valence-electron chi connectivity index (χ2n) is 5.24. The second-order valence-corrected chi connectivity index (χ2v) is 5.24. The maximum atomic E-state index is 12.2. The number of benzene rings is 1. The Morgan fingerprint density at radius 3 is 2.58 bits per heavy atom. The Bertz CT molecular complexity index is 842. The van der Waals surface area contributed by atoms with Crippen LogP contribution in [0.4, 0.5) is 17.3 Å². The van der Waals surface area contributed by atoms with Gasteiger partial charge in [0.05, 0.1) is 0 Å². The largest absolute Gasteiger partial charge is 0.360 e. The average molecular weight is 323 g/mol. The minimum Gasteiger partial charge on any atom is -0.360 e. The first kappa shape index (κ1) is 15.7. The minimum atomic E-state index is -0.380. The van der Waals surface area contributed by atoms with E-state index in [1.54, 1.807) is 19.1 Å². The molecule has 0 aliphatic heterocycles. The third-order valence-corrected chi connectivity index (χ3v) is 3.40. The molecular weight excluding hydrogens is 306 g/mol. The molecule has 122 valence electrons. The van der Waals surface area contributed by atoms with Crippen molar-refractivity contribution in [3.05, 3.63) is 59.7 Å². The Morgan fingerprint density at radius 2 is 1.92 bits per heavy atom. The predicted octanol–water partition coefficient (Wildman–Crippen LogP) is 3.33. The number of rotatable bonds is 5. The molecule has 0 aliphatic rings. The van der Waals surface area contributed by atoms with Crippen molar-refractivity contribution in [2.75, 3.05) is 10.6 Å². The van der Waals surface area contributed by atoms with E-state index in [2.05, 4.69) is 32.7 Å². The van der Waals surface area contributed by atoms with Gasteiger partial charge < -0.3 is 15.2 Å². The van der Waals surface area contributed by atoms with Crippen LogP contribution in [0.2, 0.25) is 0 Å². The highest BCUT2D eigenvalue weighted by Crippen LogP contribution is 2.16. The lowest BCUT2D eigenvalue weighted by Gasteiger charge is -2.07. The zero-order valence-corrected chi connectivity index (χ0v) is 13.4. The Labute approximate surface area is 139 Å². The number of hydrogen-bond donors (Lipinski definition) is 2. The molecule has 2 heterocycles. The first-order chi connectivity index (χ1) is 11.6. The lowest BCUT2D eigenvalue weighted by atomic mass is 10.1. The number of carbonyl (C=O) groups excluding carboxylic acids is 1. The smallest absolute Gasteiger partial charge is 0.275 e. The molecule has 3 aromatic rings. The zero-order valence-electron chi connectivity index (χ0n) is 13.4. The Morgan fingerprint density at radius 1 is 1.12 bits per heavy atom. The summed E-state index contributed by atoms with van der Waals surface area (Å²) < 4.78 is 4.91. The van der Waals surface area contributed by atoms with E-state index < -0.39 is 0 Å². The van der Waals surface area contributed by atoms with E-state index in [9.17, 15) is 4.79 Å². The first-order valence-electron chi connectivity index (χ1n) is 7.56. The van der Waals surface area contributed by atoms with Crippen LogP contribution in [-0.4, -0.2) is 21.0 Å². The van der Waals surface area contributed by atoms with Crippen LogP contribution < -0.4 is 10.6 Å². The van der Waals surface area contributed by atoms with E-state index >= 15 is 0 Å². The molecule has 0 radical (unpaired) electrons. The Kier molecular flexibility index (Phi) is 4.51. The molecule has 0 unspecified atom stereocenters. The summed E-state index contributed by atoms with van der Waals surface area (Å²) in [5, 5.41) is 9.50. The summed E-state index contributed by atoms with van der Waals surface area (Å²) in [5.41, 5.74) is 2.38. The van der Waals surface area contributed by atoms with Gasteiger partial charge in [-0.05, 0) is 31.0 Å². The standard InChI is InChI=1S/C17H17N5O2/c1-3-12-4-6-13(7-5-12)20-15-9-14(18-10-19-15)17(23)21-16-8-11(2)24-22-16/h4-10H,3H2,1-2H3,(H,18,19,20)(H,21,22,23). The molecule has 3 rings (SSSR count). The number of nitrogens with zero attached hydrogens (tertiary/aromatic N) is 3. The Hall–Kier alpha value is -3.22. The Balaban J connectivity index is 1.72. The van der Waals surface area contributed by atoms with Crippen LogP contribution in [0.15, 0.2) is 47.2 Å². The molecule has 7 nitrogen and oxygen atoms in total. The lowest BCUT2D eigenvalue weighted by molar-refractivity contribution is 0.102. The van der Waals surface area contributed by atoms with E-state index in [-0.39, 0.29) is 11.6 Å². The first-order valence-corrected chi connectivity index (χ1v) is 7.56. The van der Waals surface area contributed by atoms with Crippen LogP contribution in [0.5, 0.6) is 0 Å². The van der Waals surface area contributed by atoms with Crippen molar-refractivity contribution in [2.45, 2.75) is 20.3 Å². The summed E-state index contributed by atoms with van der Waals surface area (Å²) in [6.07, 6.45) is 2.32. The third-order valence-electron chi connectivity index (χ3n) is 3.40. The molecular formula is C17H17N5O2. The van der Waals surface area contributed by atoms with Gasteiger partial charge in [0.25, 0.3) is 5.91 Å². The van der Waals surface area contributed by atoms with Crippen molar-refractivity contribution in [1.29, 1.82) is 0 Å². The maximum Gasteiger partial charge on any atom is 0.275 e. The molecule has 0 aliphatic carbocycles. The van der Waals surface area contributed by atoms with Crippen LogP contribution in [0.25, 0.3) is 0 Å². The summed E-state index contributed by atoms with van der Waals surface area (Å²) >= 11 is 0. The van der Waals surface area contributed by atoms with Gasteiger partial charge in [-0.3, -0.25) is 4.79 Å². The van der Waals surface area contributed by atoms with Gasteiger partial charge >= 0.3 is 0 Å². The SMILES string of the molecule is CCc1ccc(Nc2cc(C(=O)Nc3cc(C)on3)ncn2)cc1. The average Bonchev–Trinajstić information content (AvgIpc) is 3.00. The van der Waals surface area contributed by atoms with Crippen molar-refractivity contribution in [2.24, 2.45) is 0 Å². The van der Waals surface area contributed by atoms with Crippen LogP contribution in [0, 0.1) is 6.92 Å². The quantitative estimate of drug-likeness (QED) is 0.748. The number of anilines is 3. The van der Waals surface area contributed by atoms with Gasteiger partial charge in [-0.15, -0.1) is 0 Å². The van der Waals surface area contributed by atoms with Crippen LogP contribution in [-0.2, 0) is 6.42 Å². The monoisotopic (exact) mass is 323 g/mol. The number of nitrogens with one attached hydrogen (secondary N) is 2. The maximum absolute atomic E-state index is 12.2. The fraction of sp³-hybridized carbons (Fsp3) is 0.176. The van der Waals surface area contributed by atoms with E-state index in [1.807, 2.05) is 24.3 Å². The van der Waals surface area contributed by atoms with Gasteiger partial charge in [-0.1, -0.05) is 24.2 Å². The molecule has 0 saturated carbocycles. The molecule has 2 N–H and O–H groups in total. The van der Waals surface area contributed by atoms with Crippen LogP contribution in [0.1, 0.15) is 28.7 Å². The lowest BCUT2D eigenvalue weighted by Crippen LogP contribution is -2.14. The topological polar surface area (TPSA) is 92.9 Å². The molecule has 0 bridgehead atoms. The van der Waals surface area contributed by atoms with Gasteiger partial charge in [-0.25, -0.2) is 9.97 Å². The highest BCUT2D eigenvalue weighted by atomic mass is 16.5. The molecule has 0 saturated heterocycles. The van der Waals surface area contributed by atoms with E-state index in [4.69, 9.17) is 4.52 Å². The molecule has 0 atom stereocenters. The molecule has 2 aromatic heterocycles. The van der Waals surface area contributed by atoms with Gasteiger partial charge in [0.2, 0.25) is 0 Å². The van der Waals surface area contributed by atoms with Gasteiger partial charge in [0.15, 0.2) is 5.82 Å². The molecule has 24 heavy (non-hydrogen) atoms. The molecule has 7 heteroatoms. The normalized spacial score (nSPS) is 10.4. The van der Waals surface area contributed by atoms with Crippen LogP contribution in [0.3, 0.4) is 0 Å². The number of amides is 1. The second kappa shape index (κ2) is 6.91. The fourth-order valence-electron chi connectivity index (χ4n) is 2.13. The van der Waals surface area contributed by atoms with Crippen LogP contribution >= 0.6 is 0 Å².